The molecule has 4 unspecified atom stereocenters. The lowest BCUT2D eigenvalue weighted by Crippen LogP contribution is -2.41. The number of ether oxygens (including phenoxy) is 1. The van der Waals surface area contributed by atoms with Crippen LogP contribution in [0.25, 0.3) is 0 Å². The van der Waals surface area contributed by atoms with Gasteiger partial charge in [-0.3, -0.25) is 9.59 Å². The first-order valence-electron chi connectivity index (χ1n) is 9.50. The fourth-order valence-electron chi connectivity index (χ4n) is 3.30. The van der Waals surface area contributed by atoms with Gasteiger partial charge in [-0.05, 0) is 0 Å². The monoisotopic (exact) mass is 322 g/mol. The van der Waals surface area contributed by atoms with Crippen LogP contribution in [0.4, 0.5) is 9.59 Å². The summed E-state index contributed by atoms with van der Waals surface area (Å²) in [6, 6.07) is 0. The lowest BCUT2D eigenvalue weighted by atomic mass is 9.32. The van der Waals surface area contributed by atoms with Crippen molar-refractivity contribution in [2.75, 3.05) is 0 Å². The molecule has 0 radical (unpaired) electrons. The van der Waals surface area contributed by atoms with Crippen molar-refractivity contribution in [1.29, 1.82) is 0 Å². The molecule has 0 spiro atoms. The molecule has 0 N–H and O–H groups in total. The molecule has 0 aromatic heterocycles. The highest BCUT2D eigenvalue weighted by Crippen LogP contribution is 2.30. The van der Waals surface area contributed by atoms with Gasteiger partial charge in [0.2, 0.25) is 0 Å². The Kier molecular flexibility index (Phi) is 10.6. The minimum atomic E-state index is -0.324. The summed E-state index contributed by atoms with van der Waals surface area (Å²) in [5, 5.41) is 0. The third kappa shape index (κ3) is 6.35. The minimum Gasteiger partial charge on any atom is -0.410 e. The van der Waals surface area contributed by atoms with Gasteiger partial charge in [0, 0.05) is 0 Å². The minimum absolute atomic E-state index is 0.191. The van der Waals surface area contributed by atoms with Crippen molar-refractivity contribution in [2.45, 2.75) is 104 Å². The lowest BCUT2D eigenvalue weighted by molar-refractivity contribution is 0.181. The second-order valence-electron chi connectivity index (χ2n) is 7.33. The van der Waals surface area contributed by atoms with Crippen molar-refractivity contribution in [2.24, 2.45) is 0 Å². The van der Waals surface area contributed by atoms with Crippen LogP contribution in [0.2, 0.25) is 23.3 Å². The van der Waals surface area contributed by atoms with Gasteiger partial charge >= 0.3 is 0 Å². The molecule has 23 heavy (non-hydrogen) atoms. The van der Waals surface area contributed by atoms with Crippen molar-refractivity contribution >= 4 is 25.2 Å². The first kappa shape index (κ1) is 22.3. The zero-order chi connectivity index (χ0) is 18.2. The molecule has 3 nitrogen and oxygen atoms in total. The molecule has 0 aromatic carbocycles. The molecular formula is C18H36B2O3. The van der Waals surface area contributed by atoms with Crippen molar-refractivity contribution < 1.29 is 14.3 Å². The van der Waals surface area contributed by atoms with E-state index < -0.39 is 0 Å². The average Bonchev–Trinajstić information content (AvgIpc) is 2.53. The van der Waals surface area contributed by atoms with Gasteiger partial charge in [0.15, 0.2) is 0 Å². The Labute approximate surface area is 144 Å². The molecule has 5 heteroatoms. The maximum Gasteiger partial charge on any atom is 0.284 e. The summed E-state index contributed by atoms with van der Waals surface area (Å²) in [4.78, 5) is 25.3. The second kappa shape index (κ2) is 10.9. The van der Waals surface area contributed by atoms with Gasteiger partial charge in [-0.2, -0.15) is 0 Å². The van der Waals surface area contributed by atoms with Gasteiger partial charge in [-0.15, -0.1) is 0 Å². The Bertz CT molecular complexity index is 319. The van der Waals surface area contributed by atoms with Crippen LogP contribution in [-0.2, 0) is 4.74 Å². The van der Waals surface area contributed by atoms with Crippen LogP contribution in [0.15, 0.2) is 0 Å². The van der Waals surface area contributed by atoms with Crippen molar-refractivity contribution in [3.05, 3.63) is 0 Å². The predicted molar refractivity (Wildman–Crippen MR) is 102 cm³/mol. The Morgan fingerprint density at radius 3 is 1.04 bits per heavy atom. The molecule has 0 bridgehead atoms. The second-order valence-corrected chi connectivity index (χ2v) is 7.33. The van der Waals surface area contributed by atoms with E-state index in [-0.39, 0.29) is 48.4 Å². The normalized spacial score (nSPS) is 16.2. The zero-order valence-electron chi connectivity index (χ0n) is 16.5. The lowest BCUT2D eigenvalue weighted by Gasteiger charge is -2.26. The topological polar surface area (TPSA) is 43.4 Å². The van der Waals surface area contributed by atoms with Crippen LogP contribution in [0.5, 0.6) is 0 Å². The van der Waals surface area contributed by atoms with E-state index in [0.717, 1.165) is 25.7 Å². The fraction of sp³-hybridized carbons (Fsp3) is 0.889. The SMILES string of the molecule is CCC(C)B(C(=O)OC(=O)B(C(C)CC)C(C)CC)C(C)CC. The molecule has 0 fully saturated rings. The van der Waals surface area contributed by atoms with Crippen LogP contribution in [0.1, 0.15) is 81.1 Å². The third-order valence-corrected chi connectivity index (χ3v) is 5.77. The molecule has 4 atom stereocenters. The maximum absolute atomic E-state index is 12.6. The Morgan fingerprint density at radius 2 is 0.870 bits per heavy atom. The number of carbonyl (C=O) groups is 2. The number of hydrogen-bond donors (Lipinski definition) is 0. The van der Waals surface area contributed by atoms with E-state index in [4.69, 9.17) is 4.74 Å². The largest absolute Gasteiger partial charge is 0.410 e. The van der Waals surface area contributed by atoms with Gasteiger partial charge in [-0.25, -0.2) is 0 Å². The summed E-state index contributed by atoms with van der Waals surface area (Å²) in [5.41, 5.74) is 0. The van der Waals surface area contributed by atoms with Gasteiger partial charge in [0.05, 0.1) is 0 Å². The van der Waals surface area contributed by atoms with Crippen LogP contribution in [0.3, 0.4) is 0 Å². The van der Waals surface area contributed by atoms with Gasteiger partial charge < -0.3 is 4.74 Å². The maximum atomic E-state index is 12.6. The van der Waals surface area contributed by atoms with Crippen LogP contribution >= 0.6 is 0 Å². The highest BCUT2D eigenvalue weighted by Gasteiger charge is 2.40. The predicted octanol–water partition coefficient (Wildman–Crippen LogP) is 6.60. The van der Waals surface area contributed by atoms with E-state index in [1.54, 1.807) is 0 Å². The highest BCUT2D eigenvalue weighted by atomic mass is 16.6. The summed E-state index contributed by atoms with van der Waals surface area (Å²) >= 11 is 0. The van der Waals surface area contributed by atoms with Gasteiger partial charge in [-0.1, -0.05) is 104 Å². The standard InChI is InChI=1S/C18H36B2O3/c1-9-13(5)19(14(6)10-2)17(21)23-18(22)20(15(7)11-3)16(8)12-4/h13-16H,9-12H2,1-8H3. The van der Waals surface area contributed by atoms with E-state index in [9.17, 15) is 9.59 Å². The van der Waals surface area contributed by atoms with E-state index in [1.165, 1.54) is 0 Å². The van der Waals surface area contributed by atoms with Gasteiger partial charge in [0.25, 0.3) is 25.2 Å². The molecule has 132 valence electrons. The molecule has 0 aliphatic rings. The third-order valence-electron chi connectivity index (χ3n) is 5.77. The van der Waals surface area contributed by atoms with Crippen molar-refractivity contribution in [3.8, 4) is 0 Å². The molecule has 0 aliphatic heterocycles. The fourth-order valence-corrected chi connectivity index (χ4v) is 3.30. The molecular weight excluding hydrogens is 286 g/mol. The van der Waals surface area contributed by atoms with Crippen LogP contribution in [0, 0.1) is 0 Å². The molecule has 0 aliphatic carbocycles. The summed E-state index contributed by atoms with van der Waals surface area (Å²) in [5.74, 6) is 0.282. The van der Waals surface area contributed by atoms with E-state index in [2.05, 4.69) is 55.4 Å². The molecule has 0 saturated carbocycles. The number of carbonyl (C=O) groups excluding carboxylic acids is 2. The summed E-state index contributed by atoms with van der Waals surface area (Å²) < 4.78 is 5.39. The molecule has 0 amide bonds. The quantitative estimate of drug-likeness (QED) is 0.336. The number of hydrogen-bond acceptors (Lipinski definition) is 3. The summed E-state index contributed by atoms with van der Waals surface area (Å²) in [6.45, 7) is 16.2. The molecule has 0 heterocycles. The Balaban J connectivity index is 5.17. The Hall–Kier alpha value is -0.730. The van der Waals surface area contributed by atoms with E-state index >= 15 is 0 Å². The summed E-state index contributed by atoms with van der Waals surface area (Å²) in [6.07, 6.45) is 3.66. The summed E-state index contributed by atoms with van der Waals surface area (Å²) in [7, 11) is 0. The van der Waals surface area contributed by atoms with Crippen LogP contribution < -0.4 is 0 Å². The van der Waals surface area contributed by atoms with E-state index in [1.807, 2.05) is 0 Å². The molecule has 0 saturated heterocycles. The number of rotatable bonds is 10. The van der Waals surface area contributed by atoms with E-state index in [0.29, 0.717) is 0 Å². The highest BCUT2D eigenvalue weighted by molar-refractivity contribution is 6.95. The Morgan fingerprint density at radius 1 is 0.652 bits per heavy atom. The van der Waals surface area contributed by atoms with Crippen molar-refractivity contribution in [3.63, 3.8) is 0 Å². The average molecular weight is 322 g/mol. The molecule has 0 aromatic rings. The first-order valence-corrected chi connectivity index (χ1v) is 9.50. The molecule has 0 rings (SSSR count). The zero-order valence-corrected chi connectivity index (χ0v) is 16.5. The smallest absolute Gasteiger partial charge is 0.284 e. The van der Waals surface area contributed by atoms with Crippen LogP contribution in [-0.4, -0.2) is 25.2 Å². The first-order chi connectivity index (χ1) is 10.7. The van der Waals surface area contributed by atoms with Gasteiger partial charge in [0.1, 0.15) is 0 Å². The van der Waals surface area contributed by atoms with Crippen molar-refractivity contribution in [1.82, 2.24) is 0 Å².